The molecule has 0 aliphatic carbocycles. The number of hydrogen-bond acceptors (Lipinski definition) is 4. The highest BCUT2D eigenvalue weighted by Crippen LogP contribution is 2.24. The van der Waals surface area contributed by atoms with Gasteiger partial charge in [-0.3, -0.25) is 4.79 Å². The number of fused-ring (bicyclic) bond motifs is 1. The smallest absolute Gasteiger partial charge is 0.273 e. The van der Waals surface area contributed by atoms with E-state index in [4.69, 9.17) is 4.74 Å². The second-order valence-corrected chi connectivity index (χ2v) is 7.68. The molecule has 2 aliphatic rings. The third-order valence-corrected chi connectivity index (χ3v) is 5.49. The number of nitrogens with zero attached hydrogens (tertiary/aromatic N) is 3. The van der Waals surface area contributed by atoms with Crippen LogP contribution in [0.2, 0.25) is 0 Å². The van der Waals surface area contributed by atoms with Gasteiger partial charge in [-0.25, -0.2) is 4.98 Å². The summed E-state index contributed by atoms with van der Waals surface area (Å²) in [4.78, 5) is 21.3. The molecular weight excluding hydrogens is 338 g/mol. The minimum atomic E-state index is -0.0147. The van der Waals surface area contributed by atoms with E-state index in [0.717, 1.165) is 42.6 Å². The monoisotopic (exact) mass is 365 g/mol. The van der Waals surface area contributed by atoms with Gasteiger partial charge in [0.2, 0.25) is 0 Å². The molecule has 5 heteroatoms. The first-order chi connectivity index (χ1) is 13.1. The lowest BCUT2D eigenvalue weighted by molar-refractivity contribution is 0.0794. The van der Waals surface area contributed by atoms with Gasteiger partial charge in [0, 0.05) is 37.6 Å². The van der Waals surface area contributed by atoms with E-state index >= 15 is 0 Å². The third-order valence-electron chi connectivity index (χ3n) is 5.49. The van der Waals surface area contributed by atoms with Crippen LogP contribution < -0.4 is 4.74 Å². The SMILES string of the molecule is CC(C)N1CCC(Oc2ccc3nc(C(=O)N4CC=CC4)ccc3c2)CC1. The zero-order valence-corrected chi connectivity index (χ0v) is 16.1. The first-order valence-electron chi connectivity index (χ1n) is 9.86. The second kappa shape index (κ2) is 7.69. The molecule has 1 aromatic heterocycles. The van der Waals surface area contributed by atoms with Gasteiger partial charge >= 0.3 is 0 Å². The van der Waals surface area contributed by atoms with Crippen LogP contribution in [-0.2, 0) is 0 Å². The van der Waals surface area contributed by atoms with E-state index < -0.39 is 0 Å². The molecule has 0 N–H and O–H groups in total. The fourth-order valence-electron chi connectivity index (χ4n) is 3.80. The van der Waals surface area contributed by atoms with Crippen LogP contribution in [-0.4, -0.2) is 59.0 Å². The van der Waals surface area contributed by atoms with Crippen LogP contribution in [0.4, 0.5) is 0 Å². The van der Waals surface area contributed by atoms with Gasteiger partial charge in [-0.15, -0.1) is 0 Å². The van der Waals surface area contributed by atoms with Gasteiger partial charge in [0.05, 0.1) is 5.52 Å². The molecule has 3 heterocycles. The number of aromatic nitrogens is 1. The standard InChI is InChI=1S/C22H27N3O2/c1-16(2)24-13-9-18(10-14-24)27-19-6-8-20-17(15-19)5-7-21(23-20)22(26)25-11-3-4-12-25/h3-8,15-16,18H,9-14H2,1-2H3. The number of benzene rings is 1. The number of hydrogen-bond donors (Lipinski definition) is 0. The Hall–Kier alpha value is -2.40. The van der Waals surface area contributed by atoms with Crippen LogP contribution in [0.15, 0.2) is 42.5 Å². The molecule has 1 fully saturated rings. The Morgan fingerprint density at radius 1 is 1.11 bits per heavy atom. The van der Waals surface area contributed by atoms with Crippen molar-refractivity contribution >= 4 is 16.8 Å². The fourth-order valence-corrected chi connectivity index (χ4v) is 3.80. The summed E-state index contributed by atoms with van der Waals surface area (Å²) in [6, 6.07) is 10.3. The maximum atomic E-state index is 12.5. The van der Waals surface area contributed by atoms with E-state index in [1.54, 1.807) is 4.90 Å². The summed E-state index contributed by atoms with van der Waals surface area (Å²) in [7, 11) is 0. The Labute approximate surface area is 160 Å². The van der Waals surface area contributed by atoms with Crippen molar-refractivity contribution in [1.82, 2.24) is 14.8 Å². The van der Waals surface area contributed by atoms with Crippen LogP contribution in [0.1, 0.15) is 37.2 Å². The molecule has 0 bridgehead atoms. The molecule has 4 rings (SSSR count). The summed E-state index contributed by atoms with van der Waals surface area (Å²) in [5.74, 6) is 0.870. The highest BCUT2D eigenvalue weighted by molar-refractivity contribution is 5.95. The summed E-state index contributed by atoms with van der Waals surface area (Å²) >= 11 is 0. The number of pyridine rings is 1. The first kappa shape index (κ1) is 18.0. The molecule has 0 radical (unpaired) electrons. The zero-order chi connectivity index (χ0) is 18.8. The number of amides is 1. The largest absolute Gasteiger partial charge is 0.490 e. The number of likely N-dealkylation sites (tertiary alicyclic amines) is 1. The average molecular weight is 365 g/mol. The van der Waals surface area contributed by atoms with Crippen molar-refractivity contribution in [3.63, 3.8) is 0 Å². The maximum Gasteiger partial charge on any atom is 0.273 e. The predicted molar refractivity (Wildman–Crippen MR) is 107 cm³/mol. The number of rotatable bonds is 4. The summed E-state index contributed by atoms with van der Waals surface area (Å²) in [5, 5.41) is 1.00. The van der Waals surface area contributed by atoms with Crippen LogP contribution in [0, 0.1) is 0 Å². The zero-order valence-electron chi connectivity index (χ0n) is 16.1. The van der Waals surface area contributed by atoms with Crippen molar-refractivity contribution in [2.45, 2.75) is 38.8 Å². The van der Waals surface area contributed by atoms with Crippen molar-refractivity contribution in [1.29, 1.82) is 0 Å². The quantitative estimate of drug-likeness (QED) is 0.778. The first-order valence-corrected chi connectivity index (χ1v) is 9.86. The molecule has 5 nitrogen and oxygen atoms in total. The maximum absolute atomic E-state index is 12.5. The van der Waals surface area contributed by atoms with Gasteiger partial charge in [-0.1, -0.05) is 18.2 Å². The lowest BCUT2D eigenvalue weighted by Crippen LogP contribution is -2.41. The van der Waals surface area contributed by atoms with Crippen LogP contribution in [0.3, 0.4) is 0 Å². The predicted octanol–water partition coefficient (Wildman–Crippen LogP) is 3.50. The molecule has 0 atom stereocenters. The Morgan fingerprint density at radius 3 is 2.56 bits per heavy atom. The van der Waals surface area contributed by atoms with E-state index in [1.807, 2.05) is 42.5 Å². The minimum absolute atomic E-state index is 0.0147. The second-order valence-electron chi connectivity index (χ2n) is 7.68. The van der Waals surface area contributed by atoms with Crippen LogP contribution in [0.5, 0.6) is 5.75 Å². The lowest BCUT2D eigenvalue weighted by Gasteiger charge is -2.34. The molecule has 1 aromatic carbocycles. The molecular formula is C22H27N3O2. The van der Waals surface area contributed by atoms with E-state index in [0.29, 0.717) is 24.8 Å². The summed E-state index contributed by atoms with van der Waals surface area (Å²) < 4.78 is 6.21. The van der Waals surface area contributed by atoms with Gasteiger partial charge in [0.25, 0.3) is 5.91 Å². The van der Waals surface area contributed by atoms with E-state index in [9.17, 15) is 4.79 Å². The Balaban J connectivity index is 1.44. The number of carbonyl (C=O) groups excluding carboxylic acids is 1. The number of ether oxygens (including phenoxy) is 1. The van der Waals surface area contributed by atoms with Gasteiger partial charge in [-0.2, -0.15) is 0 Å². The minimum Gasteiger partial charge on any atom is -0.490 e. The highest BCUT2D eigenvalue weighted by Gasteiger charge is 2.22. The molecule has 1 amide bonds. The van der Waals surface area contributed by atoms with Crippen molar-refractivity contribution in [3.05, 3.63) is 48.2 Å². The molecule has 142 valence electrons. The van der Waals surface area contributed by atoms with E-state index in [1.165, 1.54) is 0 Å². The normalized spacial score (nSPS) is 18.6. The average Bonchev–Trinajstić information content (AvgIpc) is 3.22. The fraction of sp³-hybridized carbons (Fsp3) is 0.455. The topological polar surface area (TPSA) is 45.7 Å². The van der Waals surface area contributed by atoms with Crippen LogP contribution >= 0.6 is 0 Å². The number of piperidine rings is 1. The molecule has 2 aliphatic heterocycles. The van der Waals surface area contributed by atoms with Crippen molar-refractivity contribution < 1.29 is 9.53 Å². The molecule has 0 saturated carbocycles. The third kappa shape index (κ3) is 3.98. The van der Waals surface area contributed by atoms with Gasteiger partial charge < -0.3 is 14.5 Å². The Kier molecular flexibility index (Phi) is 5.12. The lowest BCUT2D eigenvalue weighted by atomic mass is 10.1. The molecule has 0 spiro atoms. The molecule has 1 saturated heterocycles. The van der Waals surface area contributed by atoms with Gasteiger partial charge in [0.1, 0.15) is 17.5 Å². The summed E-state index contributed by atoms with van der Waals surface area (Å²) in [6.07, 6.45) is 6.41. The molecule has 0 unspecified atom stereocenters. The summed E-state index contributed by atoms with van der Waals surface area (Å²) in [6.45, 7) is 8.01. The van der Waals surface area contributed by atoms with Crippen molar-refractivity contribution in [2.75, 3.05) is 26.2 Å². The summed E-state index contributed by atoms with van der Waals surface area (Å²) in [5.41, 5.74) is 1.33. The molecule has 27 heavy (non-hydrogen) atoms. The number of carbonyl (C=O) groups is 1. The Morgan fingerprint density at radius 2 is 1.85 bits per heavy atom. The molecule has 2 aromatic rings. The van der Waals surface area contributed by atoms with E-state index in [-0.39, 0.29) is 12.0 Å². The van der Waals surface area contributed by atoms with E-state index in [2.05, 4.69) is 23.7 Å². The highest BCUT2D eigenvalue weighted by atomic mass is 16.5. The van der Waals surface area contributed by atoms with Gasteiger partial charge in [0.15, 0.2) is 0 Å². The van der Waals surface area contributed by atoms with Gasteiger partial charge in [-0.05, 0) is 51.0 Å². The van der Waals surface area contributed by atoms with Crippen LogP contribution in [0.25, 0.3) is 10.9 Å². The Bertz CT molecular complexity index is 846. The van der Waals surface area contributed by atoms with Crippen molar-refractivity contribution in [3.8, 4) is 5.75 Å². The van der Waals surface area contributed by atoms with Crippen molar-refractivity contribution in [2.24, 2.45) is 0 Å².